The van der Waals surface area contributed by atoms with Gasteiger partial charge >= 0.3 is 5.97 Å². The third kappa shape index (κ3) is 28.9. The van der Waals surface area contributed by atoms with Gasteiger partial charge in [-0.3, -0.25) is 91.1 Å². The Morgan fingerprint density at radius 3 is 1.31 bits per heavy atom. The highest BCUT2D eigenvalue weighted by molar-refractivity contribution is 6.04. The lowest BCUT2D eigenvalue weighted by molar-refractivity contribution is -0.146. The van der Waals surface area contributed by atoms with E-state index in [9.17, 15) is 96.2 Å². The summed E-state index contributed by atoms with van der Waals surface area (Å²) in [6.07, 6.45) is 0.290. The van der Waals surface area contributed by atoms with Crippen LogP contribution in [0.3, 0.4) is 0 Å². The van der Waals surface area contributed by atoms with Gasteiger partial charge in [0, 0.05) is 56.3 Å². The zero-order chi connectivity index (χ0) is 88.8. The summed E-state index contributed by atoms with van der Waals surface area (Å²) in [5.41, 5.74) is 6.75. The summed E-state index contributed by atoms with van der Waals surface area (Å²) in [4.78, 5) is 262. The van der Waals surface area contributed by atoms with Gasteiger partial charge in [-0.05, 0) is 151 Å². The van der Waals surface area contributed by atoms with Crippen molar-refractivity contribution < 1.29 is 96.2 Å². The van der Waals surface area contributed by atoms with Crippen LogP contribution in [0.2, 0.25) is 0 Å². The molecule has 1 aliphatic rings. The van der Waals surface area contributed by atoms with Crippen molar-refractivity contribution in [2.75, 3.05) is 6.54 Å². The number of likely N-dealkylation sites (tertiary alicyclic amines) is 1. The minimum atomic E-state index is -1.95. The Morgan fingerprint density at radius 2 is 0.853 bits per heavy atom. The Kier molecular flexibility index (Phi) is 35.7. The molecule has 22 N–H and O–H groups in total. The average Bonchev–Trinajstić information content (AvgIpc) is 1.34. The number of aromatic nitrogens is 1. The van der Waals surface area contributed by atoms with Gasteiger partial charge < -0.3 is 107 Å². The van der Waals surface area contributed by atoms with Gasteiger partial charge in [0.15, 0.2) is 0 Å². The molecule has 39 nitrogen and oxygen atoms in total. The van der Waals surface area contributed by atoms with Crippen molar-refractivity contribution >= 4 is 123 Å². The number of carbonyl (C=O) groups excluding carboxylic acids is 18. The Bertz CT molecular complexity index is 4010. The number of nitrogens with one attached hydrogen (secondary N) is 15. The fraction of sp³-hybridized carbons (Fsp3) is 0.649. The Balaban J connectivity index is 1.77. The fourth-order valence-corrected chi connectivity index (χ4v) is 12.1. The first-order valence-corrected chi connectivity index (χ1v) is 38.7. The van der Waals surface area contributed by atoms with Crippen molar-refractivity contribution in [2.45, 2.75) is 297 Å². The summed E-state index contributed by atoms with van der Waals surface area (Å²) in [5.74, 6) is -19.0. The molecule has 0 spiro atoms. The van der Waals surface area contributed by atoms with E-state index in [0.717, 1.165) is 16.5 Å². The second kappa shape index (κ2) is 41.8. The maximum absolute atomic E-state index is 14.4. The molecule has 2 heterocycles. The van der Waals surface area contributed by atoms with E-state index in [1.165, 1.54) is 102 Å². The van der Waals surface area contributed by atoms with Crippen molar-refractivity contribution in [3.63, 3.8) is 0 Å². The van der Waals surface area contributed by atoms with E-state index in [-0.39, 0.29) is 38.6 Å². The number of carboxylic acid groups (broad SMARTS) is 1. The molecule has 1 saturated heterocycles. The highest BCUT2D eigenvalue weighted by Crippen LogP contribution is 2.25. The lowest BCUT2D eigenvalue weighted by atomic mass is 9.94. The summed E-state index contributed by atoms with van der Waals surface area (Å²) < 4.78 is 0. The Hall–Kier alpha value is -11.3. The number of primary amides is 3. The molecule has 0 saturated carbocycles. The number of aliphatic carboxylic acids is 1. The second-order valence-corrected chi connectivity index (χ2v) is 33.2. The summed E-state index contributed by atoms with van der Waals surface area (Å²) in [6, 6.07) is -5.18. The van der Waals surface area contributed by atoms with Crippen LogP contribution in [0.4, 0.5) is 0 Å². The Morgan fingerprint density at radius 1 is 0.457 bits per heavy atom. The normalized spacial score (nSPS) is 15.9. The van der Waals surface area contributed by atoms with Crippen LogP contribution < -0.4 is 91.6 Å². The number of H-pyrrole nitrogens is 1. The van der Waals surface area contributed by atoms with Gasteiger partial charge in [-0.1, -0.05) is 72.6 Å². The van der Waals surface area contributed by atoms with Gasteiger partial charge in [0.05, 0.1) is 0 Å². The molecule has 1 aromatic carbocycles. The van der Waals surface area contributed by atoms with E-state index in [4.69, 9.17) is 17.2 Å². The van der Waals surface area contributed by atoms with E-state index >= 15 is 0 Å². The summed E-state index contributed by atoms with van der Waals surface area (Å²) in [5, 5.41) is 46.0. The number of benzene rings is 1. The lowest BCUT2D eigenvalue weighted by Crippen LogP contribution is -2.67. The van der Waals surface area contributed by atoms with Gasteiger partial charge in [-0.25, -0.2) is 0 Å². The van der Waals surface area contributed by atoms with E-state index < -0.39 is 243 Å². The van der Waals surface area contributed by atoms with Gasteiger partial charge in [0.1, 0.15) is 87.6 Å². The first-order chi connectivity index (χ1) is 53.4. The number of aromatic amines is 1. The van der Waals surface area contributed by atoms with Crippen LogP contribution in [0, 0.1) is 17.8 Å². The summed E-state index contributed by atoms with van der Waals surface area (Å²) in [7, 11) is 0. The molecule has 116 heavy (non-hydrogen) atoms. The smallest absolute Gasteiger partial charge is 0.325 e. The largest absolute Gasteiger partial charge is 0.480 e. The van der Waals surface area contributed by atoms with Crippen molar-refractivity contribution in [3.8, 4) is 0 Å². The SMILES string of the molecule is CC[C@@H](C)[C@H](NC(=O)[C@H](CCC(N)=O)NC(=O)C(C)(C)NC(=O)C(C)(C)NC(=O)C(C)(C)NC(=O)[C@H](CCC(N)=O)NC(=O)[C@@H](NC(=O)[C@@H](NC(=O)C(C)(C)NC(=O)C(C)(C)NC(=O)[C@H](Cc1c[nH]c2ccccc12)NC(C)=O)[C@@H](C)CC)C(C)C)C(=O)NC(C)(C)C(=O)N1CCC[C@H]1C(=O)N[C@@H](CCC(N)=O)C(=O)N[C@@H](C)C(=O)O. The van der Waals surface area contributed by atoms with Crippen molar-refractivity contribution in [1.29, 1.82) is 0 Å². The number of rotatable bonds is 45. The molecule has 2 aromatic rings. The third-order valence-corrected chi connectivity index (χ3v) is 20.0. The average molecular weight is 1630 g/mol. The van der Waals surface area contributed by atoms with Crippen LogP contribution >= 0.6 is 0 Å². The first-order valence-electron chi connectivity index (χ1n) is 38.7. The molecule has 1 fully saturated rings. The standard InChI is InChI=1S/C77H123N19O20/c1-21-39(5)55(89-67(112)73(11,12)93-68(113)75(15,16)91-60(104)49(83-42(8)97)36-43-37-81-45-27-24-23-26-44(43)45)63(107)87-54(38(3)4)62(106)85-48(31-34-53(80)100)59(103)90-74(13,14)69(114)95-76(17,18)70(115)94-72(9,10)66(111)86-47(30-33-52(79)99)58(102)88-56(40(6)22-2)64(108)92-77(19,20)71(116)96-35-25-28-50(96)61(105)84-46(29-32-51(78)98)57(101)82-41(7)65(109)110/h23-24,26-27,37-41,46-50,54-56,81H,21-22,25,28-36H2,1-20H3,(H2,78,98)(H2,79,99)(H2,80,100)(H,82,101)(H,83,97)(H,84,105)(H,85,106)(H,86,111)(H,87,107)(H,88,102)(H,89,112)(H,90,103)(H,91,104)(H,92,108)(H,93,113)(H,94,115)(H,95,114)(H,109,110)/t39-,40+,41-,46-,47-,48-,49-,50-,54-,55-,56-/m0/s1. The molecule has 0 aliphatic carbocycles. The zero-order valence-corrected chi connectivity index (χ0v) is 70.2. The number of hydrogen-bond donors (Lipinski definition) is 19. The molecule has 0 radical (unpaired) electrons. The van der Waals surface area contributed by atoms with Gasteiger partial charge in [-0.2, -0.15) is 0 Å². The number of carbonyl (C=O) groups is 19. The van der Waals surface area contributed by atoms with E-state index in [0.29, 0.717) is 12.8 Å². The highest BCUT2D eigenvalue weighted by Gasteiger charge is 2.47. The van der Waals surface area contributed by atoms with Gasteiger partial charge in [0.2, 0.25) is 106 Å². The summed E-state index contributed by atoms with van der Waals surface area (Å²) >= 11 is 0. The number of nitrogens with two attached hydrogens (primary N) is 3. The minimum absolute atomic E-state index is 0.0223. The quantitative estimate of drug-likeness (QED) is 0.0329. The van der Waals surface area contributed by atoms with Crippen molar-refractivity contribution in [2.24, 2.45) is 35.0 Å². The number of hydrogen-bond acceptors (Lipinski definition) is 19. The predicted molar refractivity (Wildman–Crippen MR) is 424 cm³/mol. The molecule has 0 bridgehead atoms. The minimum Gasteiger partial charge on any atom is -0.480 e. The van der Waals surface area contributed by atoms with Crippen LogP contribution in [0.25, 0.3) is 10.9 Å². The number of para-hydroxylation sites is 1. The molecule has 18 amide bonds. The maximum atomic E-state index is 14.4. The van der Waals surface area contributed by atoms with Crippen LogP contribution in [-0.4, -0.2) is 221 Å². The first kappa shape index (κ1) is 98.9. The molecule has 0 unspecified atom stereocenters. The van der Waals surface area contributed by atoms with Crippen LogP contribution in [0.5, 0.6) is 0 Å². The van der Waals surface area contributed by atoms with Crippen LogP contribution in [0.1, 0.15) is 208 Å². The molecule has 1 aliphatic heterocycles. The van der Waals surface area contributed by atoms with Gasteiger partial charge in [0.25, 0.3) is 0 Å². The maximum Gasteiger partial charge on any atom is 0.325 e. The fourth-order valence-electron chi connectivity index (χ4n) is 12.1. The van der Waals surface area contributed by atoms with E-state index in [2.05, 4.69) is 79.4 Å². The monoisotopic (exact) mass is 1630 g/mol. The number of fused-ring (bicyclic) bond motifs is 1. The molecular weight excluding hydrogens is 1510 g/mol. The van der Waals surface area contributed by atoms with E-state index in [1.54, 1.807) is 47.7 Å². The lowest BCUT2D eigenvalue weighted by Gasteiger charge is -2.36. The Labute approximate surface area is 675 Å². The highest BCUT2D eigenvalue weighted by atomic mass is 16.4. The van der Waals surface area contributed by atoms with Crippen molar-refractivity contribution in [3.05, 3.63) is 36.0 Å². The number of amides is 18. The zero-order valence-electron chi connectivity index (χ0n) is 70.2. The second-order valence-electron chi connectivity index (χ2n) is 33.2. The predicted octanol–water partition coefficient (Wildman–Crippen LogP) is -2.38. The third-order valence-electron chi connectivity index (χ3n) is 20.0. The topological polar surface area (TPSA) is 610 Å². The van der Waals surface area contributed by atoms with Crippen LogP contribution in [-0.2, 0) is 97.5 Å². The molecule has 3 rings (SSSR count). The molecule has 1 aromatic heterocycles. The van der Waals surface area contributed by atoms with E-state index in [1.807, 2.05) is 24.3 Å². The molecule has 11 atom stereocenters. The number of carboxylic acids is 1. The van der Waals surface area contributed by atoms with Crippen molar-refractivity contribution in [1.82, 2.24) is 84.3 Å². The summed E-state index contributed by atoms with van der Waals surface area (Å²) in [6.45, 7) is 28.0. The van der Waals surface area contributed by atoms with Gasteiger partial charge in [-0.15, -0.1) is 0 Å². The number of nitrogens with zero attached hydrogens (tertiary/aromatic N) is 1. The molecule has 39 heteroatoms. The molecule has 646 valence electrons. The van der Waals surface area contributed by atoms with Crippen LogP contribution in [0.15, 0.2) is 30.5 Å². The molecular formula is C77H123N19O20.